The zero-order valence-corrected chi connectivity index (χ0v) is 44.8. The van der Waals surface area contributed by atoms with Gasteiger partial charge in [0, 0.05) is 27.1 Å². The summed E-state index contributed by atoms with van der Waals surface area (Å²) in [7, 11) is 4.23. The van der Waals surface area contributed by atoms with Gasteiger partial charge in [-0.3, -0.25) is 38.4 Å². The molecule has 2 saturated heterocycles. The highest BCUT2D eigenvalue weighted by atomic mass is 16.6. The number of carbonyl (C=O) groups excluding carboxylic acids is 9. The fourth-order valence-electron chi connectivity index (χ4n) is 9.05. The molecule has 2 heterocycles. The van der Waals surface area contributed by atoms with Crippen LogP contribution in [0.4, 0.5) is 0 Å². The summed E-state index contributed by atoms with van der Waals surface area (Å²) in [6, 6.07) is -1.03. The Kier molecular flexibility index (Phi) is 23.1. The summed E-state index contributed by atoms with van der Waals surface area (Å²) in [6.45, 7) is 18.1. The number of esters is 2. The van der Waals surface area contributed by atoms with Crippen LogP contribution in [-0.4, -0.2) is 166 Å². The number of hydrogen-bond acceptors (Lipinski definition) is 14. The summed E-state index contributed by atoms with van der Waals surface area (Å²) in [5.41, 5.74) is 0.582. The smallest absolute Gasteiger partial charge is 0.329 e. The maximum Gasteiger partial charge on any atom is 0.329 e. The van der Waals surface area contributed by atoms with E-state index >= 15 is 0 Å². The molecule has 20 heteroatoms. The molecule has 20 nitrogen and oxygen atoms in total. The minimum atomic E-state index is -1.73. The van der Waals surface area contributed by atoms with Gasteiger partial charge in [0.05, 0.1) is 31.6 Å². The van der Waals surface area contributed by atoms with Gasteiger partial charge in [-0.05, 0) is 87.8 Å². The molecular formula is C52H82N6O14. The molecule has 0 bridgehead atoms. The second-order valence-electron chi connectivity index (χ2n) is 20.8. The van der Waals surface area contributed by atoms with Crippen molar-refractivity contribution >= 4 is 53.2 Å². The second kappa shape index (κ2) is 27.4. The number of fused-ring (bicyclic) bond motifs is 1. The minimum Gasteiger partial charge on any atom is -0.497 e. The van der Waals surface area contributed by atoms with Gasteiger partial charge >= 0.3 is 11.9 Å². The first-order valence-corrected chi connectivity index (χ1v) is 25.3. The van der Waals surface area contributed by atoms with Crippen molar-refractivity contribution in [1.82, 2.24) is 30.7 Å². The van der Waals surface area contributed by atoms with Gasteiger partial charge in [0.25, 0.3) is 5.91 Å². The van der Waals surface area contributed by atoms with E-state index in [9.17, 15) is 53.4 Å². The van der Waals surface area contributed by atoms with Gasteiger partial charge in [-0.1, -0.05) is 73.9 Å². The van der Waals surface area contributed by atoms with Crippen molar-refractivity contribution in [3.05, 3.63) is 29.8 Å². The molecule has 0 aliphatic carbocycles. The number of benzene rings is 1. The Labute approximate surface area is 425 Å². The highest BCUT2D eigenvalue weighted by Crippen LogP contribution is 2.26. The van der Waals surface area contributed by atoms with E-state index in [1.807, 2.05) is 27.7 Å². The van der Waals surface area contributed by atoms with Crippen LogP contribution in [0.2, 0.25) is 0 Å². The van der Waals surface area contributed by atoms with Crippen molar-refractivity contribution in [3.8, 4) is 5.75 Å². The Hall–Kier alpha value is -5.63. The molecule has 0 spiro atoms. The average molecular weight is 1020 g/mol. The van der Waals surface area contributed by atoms with E-state index in [4.69, 9.17) is 14.2 Å². The zero-order chi connectivity index (χ0) is 54.5. The number of methoxy groups -OCH3 is 1. The van der Waals surface area contributed by atoms with Crippen LogP contribution in [0.25, 0.3) is 0 Å². The normalized spacial score (nSPS) is 27.1. The van der Waals surface area contributed by atoms with Crippen LogP contribution in [-0.2, 0) is 59.0 Å². The SMILES string of the molecule is CC[C@H](C)[C@H]1NC(=O)[C@H](NC(=O)[C@@H](CC(C)C)N(C)C(=O)[C@H](C)O)[C@H](C)OC(=O)[C@H](Cc2ccc(OC)cc2)N(C)C(=O)[C@@H]2CCCN2C(=O)[C@H](CC(C)C)NC(=O)[C@H](C)C(=O)[C@H](C(C)C)OC(=O)C[C@@H]1O. The second-order valence-corrected chi connectivity index (χ2v) is 20.8. The van der Waals surface area contributed by atoms with E-state index in [-0.39, 0.29) is 44.1 Å². The number of hydrogen-bond donors (Lipinski definition) is 5. The molecule has 6 amide bonds. The molecule has 0 radical (unpaired) electrons. The summed E-state index contributed by atoms with van der Waals surface area (Å²) in [6.07, 6.45) is -5.64. The number of cyclic esters (lactones) is 2. The molecule has 2 aliphatic rings. The summed E-state index contributed by atoms with van der Waals surface area (Å²) < 4.78 is 17.1. The number of aliphatic hydroxyl groups is 2. The van der Waals surface area contributed by atoms with Gasteiger partial charge in [-0.15, -0.1) is 0 Å². The van der Waals surface area contributed by atoms with E-state index < -0.39 is 138 Å². The van der Waals surface area contributed by atoms with E-state index in [2.05, 4.69) is 16.0 Å². The first-order valence-electron chi connectivity index (χ1n) is 25.3. The number of nitrogens with zero attached hydrogens (tertiary/aromatic N) is 3. The van der Waals surface area contributed by atoms with E-state index in [1.54, 1.807) is 52.0 Å². The molecule has 0 saturated carbocycles. The van der Waals surface area contributed by atoms with E-state index in [0.29, 0.717) is 24.2 Å². The van der Waals surface area contributed by atoms with Crippen LogP contribution < -0.4 is 20.7 Å². The van der Waals surface area contributed by atoms with Crippen molar-refractivity contribution in [2.24, 2.45) is 29.6 Å². The molecule has 404 valence electrons. The standard InChI is InChI=1S/C52H82N6O14/c1-15-30(8)42-40(60)26-41(61)72-45(29(6)7)44(62)31(9)46(63)53-36(23-27(2)3)50(67)58-22-16-17-37(58)51(68)57(13)39(25-34-18-20-35(70-14)21-19-34)52(69)71-33(11)43(48(65)54-42)55-47(64)38(24-28(4)5)56(12)49(66)32(10)59/h18-21,27-33,36-40,42-43,45,59-60H,15-17,22-26H2,1-14H3,(H,53,63)(H,54,65)(H,55,64)/t30-,31+,32-,33-,36-,37-,38+,39-,40-,42+,43+,45-/m0/s1. The topological polar surface area (TPSA) is 268 Å². The maximum atomic E-state index is 14.8. The van der Waals surface area contributed by atoms with E-state index in [1.165, 1.54) is 51.8 Å². The summed E-state index contributed by atoms with van der Waals surface area (Å²) in [5.74, 6) is -9.61. The number of carbonyl (C=O) groups is 9. The zero-order valence-electron chi connectivity index (χ0n) is 44.8. The van der Waals surface area contributed by atoms with Crippen molar-refractivity contribution < 1.29 is 67.6 Å². The van der Waals surface area contributed by atoms with Crippen LogP contribution in [0.1, 0.15) is 120 Å². The molecule has 3 rings (SSSR count). The molecule has 12 atom stereocenters. The van der Waals surface area contributed by atoms with Gasteiger partial charge in [-0.2, -0.15) is 0 Å². The van der Waals surface area contributed by atoms with Crippen molar-refractivity contribution in [2.75, 3.05) is 27.7 Å². The lowest BCUT2D eigenvalue weighted by atomic mass is 9.91. The Balaban J connectivity index is 2.29. The fraction of sp³-hybridized carbons (Fsp3) is 0.712. The highest BCUT2D eigenvalue weighted by molar-refractivity contribution is 6.05. The number of ketones is 1. The summed E-state index contributed by atoms with van der Waals surface area (Å²) >= 11 is 0. The van der Waals surface area contributed by atoms with Gasteiger partial charge in [-0.25, -0.2) is 4.79 Å². The third-order valence-electron chi connectivity index (χ3n) is 13.7. The Morgan fingerprint density at radius 2 is 1.53 bits per heavy atom. The largest absolute Gasteiger partial charge is 0.497 e. The number of nitrogens with one attached hydrogen (secondary N) is 3. The quantitative estimate of drug-likeness (QED) is 0.132. The third kappa shape index (κ3) is 16.2. The summed E-state index contributed by atoms with van der Waals surface area (Å²) in [5, 5.41) is 30.1. The lowest BCUT2D eigenvalue weighted by Crippen LogP contribution is -2.62. The number of likely N-dealkylation sites (N-methyl/N-ethyl adjacent to an activating group) is 2. The number of amides is 6. The number of aliphatic hydroxyl groups excluding tert-OH is 2. The Morgan fingerprint density at radius 1 is 0.903 bits per heavy atom. The van der Waals surface area contributed by atoms with Crippen LogP contribution in [0.3, 0.4) is 0 Å². The molecule has 0 aromatic heterocycles. The monoisotopic (exact) mass is 1010 g/mol. The molecular weight excluding hydrogens is 933 g/mol. The van der Waals surface area contributed by atoms with Gasteiger partial charge in [0.2, 0.25) is 29.5 Å². The number of rotatable bonds is 14. The lowest BCUT2D eigenvalue weighted by Gasteiger charge is -2.36. The first-order chi connectivity index (χ1) is 33.6. The van der Waals surface area contributed by atoms with Gasteiger partial charge < -0.3 is 55.1 Å². The molecule has 0 unspecified atom stereocenters. The minimum absolute atomic E-state index is 0.0955. The van der Waals surface area contributed by atoms with Crippen molar-refractivity contribution in [2.45, 2.75) is 182 Å². The van der Waals surface area contributed by atoms with Crippen LogP contribution in [0.5, 0.6) is 5.75 Å². The molecule has 1 aromatic carbocycles. The van der Waals surface area contributed by atoms with Crippen LogP contribution >= 0.6 is 0 Å². The van der Waals surface area contributed by atoms with Crippen molar-refractivity contribution in [1.29, 1.82) is 0 Å². The Bertz CT molecular complexity index is 2060. The van der Waals surface area contributed by atoms with E-state index in [0.717, 1.165) is 4.90 Å². The predicted molar refractivity (Wildman–Crippen MR) is 265 cm³/mol. The molecule has 1 aromatic rings. The molecule has 2 fully saturated rings. The fourth-order valence-corrected chi connectivity index (χ4v) is 9.05. The molecule has 72 heavy (non-hydrogen) atoms. The maximum absolute atomic E-state index is 14.8. The first kappa shape index (κ1) is 60.7. The van der Waals surface area contributed by atoms with Crippen LogP contribution in [0.15, 0.2) is 24.3 Å². The lowest BCUT2D eigenvalue weighted by molar-refractivity contribution is -0.163. The number of Topliss-reactive ketones (excluding diaryl/α,β-unsaturated/α-hetero) is 1. The van der Waals surface area contributed by atoms with Crippen molar-refractivity contribution in [3.63, 3.8) is 0 Å². The molecule has 2 aliphatic heterocycles. The molecule has 5 N–H and O–H groups in total. The Morgan fingerprint density at radius 3 is 2.07 bits per heavy atom. The average Bonchev–Trinajstić information content (AvgIpc) is 3.82. The van der Waals surface area contributed by atoms with Crippen LogP contribution in [0, 0.1) is 29.6 Å². The van der Waals surface area contributed by atoms with Gasteiger partial charge in [0.1, 0.15) is 48.2 Å². The van der Waals surface area contributed by atoms with Gasteiger partial charge in [0.15, 0.2) is 11.9 Å². The third-order valence-corrected chi connectivity index (χ3v) is 13.7. The highest BCUT2D eigenvalue weighted by Gasteiger charge is 2.45. The number of ether oxygens (including phenoxy) is 3. The summed E-state index contributed by atoms with van der Waals surface area (Å²) in [4.78, 5) is 132. The predicted octanol–water partition coefficient (Wildman–Crippen LogP) is 2.33.